The van der Waals surface area contributed by atoms with E-state index in [1.54, 1.807) is 6.08 Å². The molecular weight excluding hydrogens is 558 g/mol. The van der Waals surface area contributed by atoms with Crippen molar-refractivity contribution >= 4 is 17.9 Å². The van der Waals surface area contributed by atoms with Crippen molar-refractivity contribution in [3.8, 4) is 0 Å². The first-order valence-electron chi connectivity index (χ1n) is 16.0. The SMILES string of the molecule is CC/C=C/C/C=C/C/C=C/CCCC(=O)OCC(COCCC(C(=O)O)[N+](C)(C)C)OC(=O)C/C=C/C/C=C/C/C=C/CC. The molecule has 0 saturated carbocycles. The number of aliphatic carboxylic acids is 1. The van der Waals surface area contributed by atoms with E-state index >= 15 is 0 Å². The zero-order valence-corrected chi connectivity index (χ0v) is 27.8. The van der Waals surface area contributed by atoms with Crippen LogP contribution in [0.25, 0.3) is 0 Å². The number of carbonyl (C=O) groups excluding carboxylic acids is 2. The van der Waals surface area contributed by atoms with E-state index in [-0.39, 0.29) is 43.1 Å². The molecule has 2 unspecified atom stereocenters. The highest BCUT2D eigenvalue weighted by molar-refractivity contribution is 5.72. The Morgan fingerprint density at radius 1 is 0.705 bits per heavy atom. The first-order chi connectivity index (χ1) is 21.1. The van der Waals surface area contributed by atoms with Crippen LogP contribution in [-0.2, 0) is 28.6 Å². The monoisotopic (exact) mass is 616 g/mol. The van der Waals surface area contributed by atoms with Crippen LogP contribution in [0.2, 0.25) is 0 Å². The fourth-order valence-electron chi connectivity index (χ4n) is 3.94. The Bertz CT molecular complexity index is 954. The number of esters is 2. The minimum atomic E-state index is -0.900. The van der Waals surface area contributed by atoms with Crippen molar-refractivity contribution in [2.45, 2.75) is 96.6 Å². The minimum absolute atomic E-state index is 0.00469. The van der Waals surface area contributed by atoms with E-state index in [0.29, 0.717) is 12.8 Å². The molecule has 0 aromatic heterocycles. The van der Waals surface area contributed by atoms with E-state index in [4.69, 9.17) is 14.2 Å². The molecule has 0 aliphatic heterocycles. The summed E-state index contributed by atoms with van der Waals surface area (Å²) in [5.74, 6) is -1.71. The topological polar surface area (TPSA) is 99.1 Å². The highest BCUT2D eigenvalue weighted by Gasteiger charge is 2.31. The maximum atomic E-state index is 12.5. The third kappa shape index (κ3) is 25.3. The van der Waals surface area contributed by atoms with E-state index in [1.807, 2.05) is 33.3 Å². The van der Waals surface area contributed by atoms with Crippen LogP contribution in [0.1, 0.15) is 84.5 Å². The Balaban J connectivity index is 4.71. The Hall–Kier alpha value is -3.23. The summed E-state index contributed by atoms with van der Waals surface area (Å²) < 4.78 is 16.9. The summed E-state index contributed by atoms with van der Waals surface area (Å²) in [4.78, 5) is 36.4. The van der Waals surface area contributed by atoms with Crippen LogP contribution in [0, 0.1) is 0 Å². The molecule has 0 amide bonds. The van der Waals surface area contributed by atoms with Gasteiger partial charge in [0, 0.05) is 12.8 Å². The zero-order chi connectivity index (χ0) is 32.9. The molecule has 248 valence electrons. The number of unbranched alkanes of at least 4 members (excludes halogenated alkanes) is 1. The molecule has 1 N–H and O–H groups in total. The van der Waals surface area contributed by atoms with Crippen LogP contribution in [0.4, 0.5) is 0 Å². The van der Waals surface area contributed by atoms with Crippen LogP contribution >= 0.6 is 0 Å². The molecule has 0 heterocycles. The van der Waals surface area contributed by atoms with Gasteiger partial charge in [0.2, 0.25) is 0 Å². The lowest BCUT2D eigenvalue weighted by Crippen LogP contribution is -2.50. The highest BCUT2D eigenvalue weighted by Crippen LogP contribution is 2.10. The summed E-state index contributed by atoms with van der Waals surface area (Å²) in [7, 11) is 5.45. The average molecular weight is 617 g/mol. The summed E-state index contributed by atoms with van der Waals surface area (Å²) in [6.45, 7) is 4.27. The first-order valence-corrected chi connectivity index (χ1v) is 16.0. The maximum Gasteiger partial charge on any atom is 0.362 e. The molecule has 0 fully saturated rings. The molecule has 0 spiro atoms. The van der Waals surface area contributed by atoms with Crippen LogP contribution in [-0.4, -0.2) is 80.6 Å². The molecule has 0 saturated heterocycles. The van der Waals surface area contributed by atoms with Crippen LogP contribution in [0.5, 0.6) is 0 Å². The summed E-state index contributed by atoms with van der Waals surface area (Å²) in [5.41, 5.74) is 0. The van der Waals surface area contributed by atoms with Gasteiger partial charge in [0.1, 0.15) is 6.61 Å². The van der Waals surface area contributed by atoms with E-state index in [1.165, 1.54) is 0 Å². The fourth-order valence-corrected chi connectivity index (χ4v) is 3.94. The molecule has 8 nitrogen and oxygen atoms in total. The second kappa shape index (κ2) is 27.3. The largest absolute Gasteiger partial charge is 0.477 e. The van der Waals surface area contributed by atoms with Gasteiger partial charge < -0.3 is 23.8 Å². The maximum absolute atomic E-state index is 12.5. The van der Waals surface area contributed by atoms with E-state index in [2.05, 4.69) is 68.5 Å². The number of carboxylic acids is 1. The number of quaternary nitrogens is 1. The minimum Gasteiger partial charge on any atom is -0.477 e. The van der Waals surface area contributed by atoms with Gasteiger partial charge >= 0.3 is 17.9 Å². The van der Waals surface area contributed by atoms with Gasteiger partial charge in [-0.25, -0.2) is 4.79 Å². The van der Waals surface area contributed by atoms with Gasteiger partial charge in [0.25, 0.3) is 0 Å². The first kappa shape index (κ1) is 40.8. The lowest BCUT2D eigenvalue weighted by molar-refractivity contribution is -0.887. The molecule has 0 aromatic rings. The molecule has 0 aliphatic rings. The van der Waals surface area contributed by atoms with Crippen molar-refractivity contribution in [2.75, 3.05) is 41.0 Å². The van der Waals surface area contributed by atoms with Gasteiger partial charge in [0.15, 0.2) is 12.1 Å². The lowest BCUT2D eigenvalue weighted by Gasteiger charge is -2.31. The molecule has 8 heteroatoms. The van der Waals surface area contributed by atoms with Crippen LogP contribution in [0.3, 0.4) is 0 Å². The molecule has 44 heavy (non-hydrogen) atoms. The van der Waals surface area contributed by atoms with Gasteiger partial charge in [-0.3, -0.25) is 9.59 Å². The van der Waals surface area contributed by atoms with Crippen molar-refractivity contribution < 1.29 is 38.2 Å². The van der Waals surface area contributed by atoms with E-state index < -0.39 is 24.1 Å². The van der Waals surface area contributed by atoms with E-state index in [9.17, 15) is 19.5 Å². The highest BCUT2D eigenvalue weighted by atomic mass is 16.6. The van der Waals surface area contributed by atoms with Gasteiger partial charge in [-0.1, -0.05) is 86.8 Å². The van der Waals surface area contributed by atoms with Crippen LogP contribution < -0.4 is 0 Å². The third-order valence-electron chi connectivity index (χ3n) is 6.38. The number of nitrogens with zero attached hydrogens (tertiary/aromatic N) is 1. The van der Waals surface area contributed by atoms with Crippen molar-refractivity contribution in [2.24, 2.45) is 0 Å². The van der Waals surface area contributed by atoms with Crippen molar-refractivity contribution in [3.63, 3.8) is 0 Å². The standard InChI is InChI=1S/C36H57NO7/c1-6-8-10-12-14-16-17-19-20-22-24-26-34(38)43-31-32(30-42-29-28-33(36(40)41)37(3,4)5)44-35(39)27-25-23-21-18-15-13-11-9-7-2/h8-11,14-16,18-20,23,25,32-33H,6-7,12-13,17,21-22,24,26-31H2,1-5H3/p+1/b10-8+,11-9+,16-14+,18-15+,20-19+,25-23+. The quantitative estimate of drug-likeness (QED) is 0.0472. The van der Waals surface area contributed by atoms with Gasteiger partial charge in [-0.05, 0) is 51.4 Å². The number of hydrogen-bond donors (Lipinski definition) is 1. The third-order valence-corrected chi connectivity index (χ3v) is 6.38. The molecule has 0 aliphatic carbocycles. The number of likely N-dealkylation sites (N-methyl/N-ethyl adjacent to an activating group) is 1. The van der Waals surface area contributed by atoms with E-state index in [0.717, 1.165) is 44.9 Å². The van der Waals surface area contributed by atoms with Crippen molar-refractivity contribution in [1.82, 2.24) is 0 Å². The Morgan fingerprint density at radius 3 is 1.75 bits per heavy atom. The molecule has 0 rings (SSSR count). The number of hydrogen-bond acceptors (Lipinski definition) is 6. The zero-order valence-electron chi connectivity index (χ0n) is 27.8. The molecule has 0 radical (unpaired) electrons. The summed E-state index contributed by atoms with van der Waals surface area (Å²) >= 11 is 0. The normalized spacial score (nSPS) is 14.1. The molecular formula is C36H58NO7+. The number of carboxylic acid groups (broad SMARTS) is 1. The smallest absolute Gasteiger partial charge is 0.362 e. The van der Waals surface area contributed by atoms with Crippen molar-refractivity contribution in [3.05, 3.63) is 72.9 Å². The molecule has 0 bridgehead atoms. The number of ether oxygens (including phenoxy) is 3. The van der Waals surface area contributed by atoms with Gasteiger partial charge in [0.05, 0.1) is 40.8 Å². The lowest BCUT2D eigenvalue weighted by atomic mass is 10.1. The van der Waals surface area contributed by atoms with Crippen molar-refractivity contribution in [1.29, 1.82) is 0 Å². The Morgan fingerprint density at radius 2 is 1.23 bits per heavy atom. The number of rotatable bonds is 26. The number of allylic oxidation sites excluding steroid dienone is 11. The number of carbonyl (C=O) groups is 3. The molecule has 0 aromatic carbocycles. The average Bonchev–Trinajstić information content (AvgIpc) is 2.96. The predicted molar refractivity (Wildman–Crippen MR) is 178 cm³/mol. The summed E-state index contributed by atoms with van der Waals surface area (Å²) in [5, 5.41) is 9.52. The van der Waals surface area contributed by atoms with Gasteiger partial charge in [-0.15, -0.1) is 0 Å². The second-order valence-electron chi connectivity index (χ2n) is 11.3. The Labute approximate surface area is 266 Å². The van der Waals surface area contributed by atoms with Gasteiger partial charge in [-0.2, -0.15) is 0 Å². The second-order valence-corrected chi connectivity index (χ2v) is 11.3. The predicted octanol–water partition coefficient (Wildman–Crippen LogP) is 7.29. The Kier molecular flexibility index (Phi) is 25.3. The fraction of sp³-hybridized carbons (Fsp3) is 0.583. The molecule has 2 atom stereocenters. The summed E-state index contributed by atoms with van der Waals surface area (Å²) in [6, 6.07) is -0.635. The summed E-state index contributed by atoms with van der Waals surface area (Å²) in [6.07, 6.45) is 31.5. The van der Waals surface area contributed by atoms with Crippen LogP contribution in [0.15, 0.2) is 72.9 Å².